The van der Waals surface area contributed by atoms with Crippen LogP contribution in [-0.2, 0) is 6.54 Å². The summed E-state index contributed by atoms with van der Waals surface area (Å²) in [6, 6.07) is 13.2. The van der Waals surface area contributed by atoms with Gasteiger partial charge < -0.3 is 9.84 Å². The van der Waals surface area contributed by atoms with Gasteiger partial charge in [-0.1, -0.05) is 35.0 Å². The summed E-state index contributed by atoms with van der Waals surface area (Å²) >= 11 is 0. The zero-order valence-corrected chi connectivity index (χ0v) is 14.5. The lowest BCUT2D eigenvalue weighted by Crippen LogP contribution is -2.23. The van der Waals surface area contributed by atoms with E-state index < -0.39 is 0 Å². The van der Waals surface area contributed by atoms with Gasteiger partial charge in [-0.05, 0) is 25.1 Å². The van der Waals surface area contributed by atoms with Crippen LogP contribution in [-0.4, -0.2) is 31.2 Å². The predicted octanol–water partition coefficient (Wildman–Crippen LogP) is 2.76. The van der Waals surface area contributed by atoms with E-state index in [1.54, 1.807) is 30.6 Å². The Kier molecular flexibility index (Phi) is 4.44. The van der Waals surface area contributed by atoms with E-state index in [-0.39, 0.29) is 12.5 Å². The fraction of sp³-hybridized carbons (Fsp3) is 0.105. The maximum Gasteiger partial charge on any atom is 0.269 e. The molecule has 0 unspecified atom stereocenters. The molecule has 0 aliphatic rings. The third kappa shape index (κ3) is 3.74. The van der Waals surface area contributed by atoms with Gasteiger partial charge in [0.1, 0.15) is 5.69 Å². The van der Waals surface area contributed by atoms with Crippen LogP contribution in [0, 0.1) is 6.92 Å². The van der Waals surface area contributed by atoms with Crippen LogP contribution in [0.5, 0.6) is 0 Å². The number of nitrogens with zero attached hydrogens (tertiary/aromatic N) is 4. The van der Waals surface area contributed by atoms with E-state index in [4.69, 9.17) is 4.52 Å². The molecule has 0 aliphatic carbocycles. The molecule has 0 atom stereocenters. The number of rotatable bonds is 5. The van der Waals surface area contributed by atoms with Gasteiger partial charge in [-0.25, -0.2) is 0 Å². The van der Waals surface area contributed by atoms with E-state index in [2.05, 4.69) is 30.6 Å². The summed E-state index contributed by atoms with van der Waals surface area (Å²) in [6.45, 7) is 2.14. The van der Waals surface area contributed by atoms with Crippen molar-refractivity contribution in [1.29, 1.82) is 0 Å². The minimum absolute atomic E-state index is 0.121. The second kappa shape index (κ2) is 7.20. The Balaban J connectivity index is 1.40. The van der Waals surface area contributed by atoms with Gasteiger partial charge in [0.25, 0.3) is 5.91 Å². The Morgan fingerprint density at radius 2 is 1.89 bits per heavy atom. The largest absolute Gasteiger partial charge is 0.342 e. The number of carbonyl (C=O) groups is 1. The molecule has 0 bridgehead atoms. The highest BCUT2D eigenvalue weighted by atomic mass is 16.5. The Bertz CT molecular complexity index is 1050. The molecular formula is C19H16N6O2. The number of H-pyrrole nitrogens is 1. The molecule has 3 aromatic heterocycles. The van der Waals surface area contributed by atoms with Crippen molar-refractivity contribution in [2.45, 2.75) is 13.5 Å². The van der Waals surface area contributed by atoms with Crippen molar-refractivity contribution in [2.24, 2.45) is 0 Å². The number of aromatic amines is 1. The number of carbonyl (C=O) groups excluding carboxylic acids is 1. The lowest BCUT2D eigenvalue weighted by molar-refractivity contribution is 0.0941. The summed E-state index contributed by atoms with van der Waals surface area (Å²) in [5, 5.41) is 13.6. The molecule has 0 aliphatic heterocycles. The van der Waals surface area contributed by atoms with Gasteiger partial charge in [-0.3, -0.25) is 14.9 Å². The van der Waals surface area contributed by atoms with Gasteiger partial charge in [-0.2, -0.15) is 10.1 Å². The van der Waals surface area contributed by atoms with E-state index in [1.807, 2.05) is 31.2 Å². The Morgan fingerprint density at radius 1 is 1.11 bits per heavy atom. The van der Waals surface area contributed by atoms with Gasteiger partial charge in [-0.15, -0.1) is 0 Å². The molecule has 3 heterocycles. The summed E-state index contributed by atoms with van der Waals surface area (Å²) in [6.07, 6.45) is 3.30. The van der Waals surface area contributed by atoms with Crippen LogP contribution in [0.4, 0.5) is 0 Å². The first kappa shape index (κ1) is 16.6. The summed E-state index contributed by atoms with van der Waals surface area (Å²) in [5.41, 5.74) is 3.97. The molecule has 4 aromatic rings. The smallest absolute Gasteiger partial charge is 0.269 e. The average Bonchev–Trinajstić information content (AvgIpc) is 3.37. The Morgan fingerprint density at radius 3 is 2.67 bits per heavy atom. The number of hydrogen-bond acceptors (Lipinski definition) is 6. The molecule has 8 heteroatoms. The summed E-state index contributed by atoms with van der Waals surface area (Å²) in [5.74, 6) is 0.461. The summed E-state index contributed by atoms with van der Waals surface area (Å²) in [4.78, 5) is 20.5. The third-order valence-electron chi connectivity index (χ3n) is 3.98. The SMILES string of the molecule is Cc1ccc(-c2cc(C(=O)NCc3nc(-c4ccncc4)no3)[nH]n2)cc1. The van der Waals surface area contributed by atoms with Crippen molar-refractivity contribution >= 4 is 5.91 Å². The zero-order chi connectivity index (χ0) is 18.6. The van der Waals surface area contributed by atoms with Gasteiger partial charge in [0, 0.05) is 23.5 Å². The first-order chi connectivity index (χ1) is 13.2. The molecule has 0 radical (unpaired) electrons. The van der Waals surface area contributed by atoms with Crippen molar-refractivity contribution in [2.75, 3.05) is 0 Å². The number of hydrogen-bond donors (Lipinski definition) is 2. The predicted molar refractivity (Wildman–Crippen MR) is 97.5 cm³/mol. The summed E-state index contributed by atoms with van der Waals surface area (Å²) in [7, 11) is 0. The number of aromatic nitrogens is 5. The minimum Gasteiger partial charge on any atom is -0.342 e. The lowest BCUT2D eigenvalue weighted by atomic mass is 10.1. The number of amides is 1. The normalized spacial score (nSPS) is 10.7. The van der Waals surface area contributed by atoms with E-state index in [9.17, 15) is 4.79 Å². The number of aryl methyl sites for hydroxylation is 1. The van der Waals surface area contributed by atoms with E-state index in [0.29, 0.717) is 23.1 Å². The van der Waals surface area contributed by atoms with Crippen LogP contribution in [0.15, 0.2) is 59.4 Å². The standard InChI is InChI=1S/C19H16N6O2/c1-12-2-4-13(5-3-12)15-10-16(24-23-15)19(26)21-11-17-22-18(25-27-17)14-6-8-20-9-7-14/h2-10H,11H2,1H3,(H,21,26)(H,23,24). The molecule has 0 spiro atoms. The highest BCUT2D eigenvalue weighted by molar-refractivity contribution is 5.93. The fourth-order valence-electron chi connectivity index (χ4n) is 2.51. The lowest BCUT2D eigenvalue weighted by Gasteiger charge is -1.98. The summed E-state index contributed by atoms with van der Waals surface area (Å²) < 4.78 is 5.17. The van der Waals surface area contributed by atoms with Crippen LogP contribution in [0.3, 0.4) is 0 Å². The maximum absolute atomic E-state index is 12.3. The number of pyridine rings is 1. The van der Waals surface area contributed by atoms with Crippen LogP contribution < -0.4 is 5.32 Å². The van der Waals surface area contributed by atoms with Gasteiger partial charge in [0.15, 0.2) is 0 Å². The van der Waals surface area contributed by atoms with Crippen molar-refractivity contribution in [1.82, 2.24) is 30.6 Å². The monoisotopic (exact) mass is 360 g/mol. The molecule has 8 nitrogen and oxygen atoms in total. The molecule has 0 saturated heterocycles. The highest BCUT2D eigenvalue weighted by Crippen LogP contribution is 2.18. The van der Waals surface area contributed by atoms with Crippen LogP contribution >= 0.6 is 0 Å². The molecular weight excluding hydrogens is 344 g/mol. The molecule has 27 heavy (non-hydrogen) atoms. The molecule has 1 aromatic carbocycles. The minimum atomic E-state index is -0.301. The van der Waals surface area contributed by atoms with Crippen molar-refractivity contribution in [3.63, 3.8) is 0 Å². The molecule has 0 saturated carbocycles. The Labute approximate surface area is 154 Å². The second-order valence-corrected chi connectivity index (χ2v) is 5.96. The second-order valence-electron chi connectivity index (χ2n) is 5.96. The van der Waals surface area contributed by atoms with Gasteiger partial charge >= 0.3 is 0 Å². The van der Waals surface area contributed by atoms with Crippen LogP contribution in [0.1, 0.15) is 21.9 Å². The number of nitrogens with one attached hydrogen (secondary N) is 2. The first-order valence-corrected chi connectivity index (χ1v) is 8.33. The van der Waals surface area contributed by atoms with E-state index in [0.717, 1.165) is 16.7 Å². The topological polar surface area (TPSA) is 110 Å². The molecule has 134 valence electrons. The molecule has 2 N–H and O–H groups in total. The quantitative estimate of drug-likeness (QED) is 0.566. The third-order valence-corrected chi connectivity index (χ3v) is 3.98. The van der Waals surface area contributed by atoms with Crippen LogP contribution in [0.2, 0.25) is 0 Å². The Hall–Kier alpha value is -3.81. The van der Waals surface area contributed by atoms with Crippen molar-refractivity contribution in [3.05, 3.63) is 72.0 Å². The van der Waals surface area contributed by atoms with E-state index >= 15 is 0 Å². The molecule has 0 fully saturated rings. The number of benzene rings is 1. The van der Waals surface area contributed by atoms with Gasteiger partial charge in [0.05, 0.1) is 12.2 Å². The maximum atomic E-state index is 12.3. The fourth-order valence-corrected chi connectivity index (χ4v) is 2.51. The van der Waals surface area contributed by atoms with Gasteiger partial charge in [0.2, 0.25) is 11.7 Å². The first-order valence-electron chi connectivity index (χ1n) is 8.33. The molecule has 1 amide bonds. The average molecular weight is 360 g/mol. The van der Waals surface area contributed by atoms with E-state index in [1.165, 1.54) is 0 Å². The zero-order valence-electron chi connectivity index (χ0n) is 14.5. The highest BCUT2D eigenvalue weighted by Gasteiger charge is 2.13. The van der Waals surface area contributed by atoms with Crippen molar-refractivity contribution < 1.29 is 9.32 Å². The van der Waals surface area contributed by atoms with Crippen molar-refractivity contribution in [3.8, 4) is 22.6 Å². The molecule has 4 rings (SSSR count). The van der Waals surface area contributed by atoms with Crippen LogP contribution in [0.25, 0.3) is 22.6 Å².